The van der Waals surface area contributed by atoms with Crippen molar-refractivity contribution >= 4 is 17.3 Å². The Kier molecular flexibility index (Phi) is 3.92. The molecule has 0 aliphatic carbocycles. The monoisotopic (exact) mass is 302 g/mol. The van der Waals surface area contributed by atoms with Crippen LogP contribution in [0.15, 0.2) is 53.7 Å². The Morgan fingerprint density at radius 1 is 1.33 bits per heavy atom. The quantitative estimate of drug-likeness (QED) is 0.771. The summed E-state index contributed by atoms with van der Waals surface area (Å²) in [6, 6.07) is 9.61. The summed E-state index contributed by atoms with van der Waals surface area (Å²) in [6.07, 6.45) is 5.67. The number of nitrogens with one attached hydrogen (secondary N) is 1. The highest BCUT2D eigenvalue weighted by Crippen LogP contribution is 2.31. The number of hydrogen-bond donors (Lipinski definition) is 1. The largest absolute Gasteiger partial charge is 0.467 e. The molecule has 0 amide bonds. The number of halogens is 1. The van der Waals surface area contributed by atoms with Crippen molar-refractivity contribution in [2.45, 2.75) is 19.4 Å². The average molecular weight is 303 g/mol. The minimum atomic E-state index is 0.0701. The third-order valence-electron chi connectivity index (χ3n) is 3.26. The van der Waals surface area contributed by atoms with Crippen LogP contribution in [0.3, 0.4) is 0 Å². The van der Waals surface area contributed by atoms with Crippen LogP contribution in [0.25, 0.3) is 5.69 Å². The van der Waals surface area contributed by atoms with E-state index < -0.39 is 0 Å². The molecule has 2 aromatic heterocycles. The standard InChI is InChI=1S/C15H15ClN4O/c1-2-12(14-7-4-8-21-14)19-13-6-3-5-11(16)15(13)20-10-17-9-18-20/h3-10,12,19H,2H2,1H3. The van der Waals surface area contributed by atoms with Gasteiger partial charge in [-0.2, -0.15) is 5.10 Å². The van der Waals surface area contributed by atoms with Crippen LogP contribution in [-0.2, 0) is 0 Å². The molecule has 0 saturated carbocycles. The van der Waals surface area contributed by atoms with Crippen molar-refractivity contribution in [1.82, 2.24) is 14.8 Å². The van der Waals surface area contributed by atoms with Crippen molar-refractivity contribution in [1.29, 1.82) is 0 Å². The van der Waals surface area contributed by atoms with Gasteiger partial charge in [0, 0.05) is 0 Å². The van der Waals surface area contributed by atoms with Crippen molar-refractivity contribution in [3.63, 3.8) is 0 Å². The molecule has 1 aromatic carbocycles. The smallest absolute Gasteiger partial charge is 0.138 e. The zero-order chi connectivity index (χ0) is 14.7. The van der Waals surface area contributed by atoms with Crippen molar-refractivity contribution in [3.8, 4) is 5.69 Å². The maximum atomic E-state index is 6.32. The van der Waals surface area contributed by atoms with E-state index in [0.29, 0.717) is 5.02 Å². The van der Waals surface area contributed by atoms with E-state index in [2.05, 4.69) is 22.3 Å². The molecule has 0 fully saturated rings. The normalized spacial score (nSPS) is 12.3. The molecule has 0 aliphatic heterocycles. The van der Waals surface area contributed by atoms with Crippen LogP contribution in [0.4, 0.5) is 5.69 Å². The maximum Gasteiger partial charge on any atom is 0.138 e. The van der Waals surface area contributed by atoms with Crippen LogP contribution in [-0.4, -0.2) is 14.8 Å². The first-order chi connectivity index (χ1) is 10.3. The molecule has 0 radical (unpaired) electrons. The van der Waals surface area contributed by atoms with E-state index in [0.717, 1.165) is 23.6 Å². The second-order valence-electron chi connectivity index (χ2n) is 4.60. The Morgan fingerprint density at radius 3 is 2.90 bits per heavy atom. The number of para-hydroxylation sites is 1. The Balaban J connectivity index is 1.97. The fourth-order valence-electron chi connectivity index (χ4n) is 2.24. The van der Waals surface area contributed by atoms with Gasteiger partial charge < -0.3 is 9.73 Å². The molecule has 1 atom stereocenters. The molecule has 0 saturated heterocycles. The van der Waals surface area contributed by atoms with Gasteiger partial charge in [-0.15, -0.1) is 0 Å². The SMILES string of the molecule is CCC(Nc1cccc(Cl)c1-n1cncn1)c1ccco1. The highest BCUT2D eigenvalue weighted by Gasteiger charge is 2.16. The number of aromatic nitrogens is 3. The summed E-state index contributed by atoms with van der Waals surface area (Å²) in [6.45, 7) is 2.10. The van der Waals surface area contributed by atoms with E-state index in [1.165, 1.54) is 6.33 Å². The van der Waals surface area contributed by atoms with Gasteiger partial charge >= 0.3 is 0 Å². The molecule has 5 nitrogen and oxygen atoms in total. The lowest BCUT2D eigenvalue weighted by atomic mass is 10.1. The van der Waals surface area contributed by atoms with Gasteiger partial charge in [-0.3, -0.25) is 0 Å². The van der Waals surface area contributed by atoms with Gasteiger partial charge in [0.25, 0.3) is 0 Å². The molecule has 108 valence electrons. The average Bonchev–Trinajstić information content (AvgIpc) is 3.18. The zero-order valence-corrected chi connectivity index (χ0v) is 12.3. The summed E-state index contributed by atoms with van der Waals surface area (Å²) in [5.41, 5.74) is 1.66. The van der Waals surface area contributed by atoms with Crippen LogP contribution in [0, 0.1) is 0 Å². The number of hydrogen-bond acceptors (Lipinski definition) is 4. The number of benzene rings is 1. The van der Waals surface area contributed by atoms with Crippen molar-refractivity contribution in [2.75, 3.05) is 5.32 Å². The minimum absolute atomic E-state index is 0.0701. The molecule has 6 heteroatoms. The van der Waals surface area contributed by atoms with Gasteiger partial charge in [-0.25, -0.2) is 9.67 Å². The predicted octanol–water partition coefficient (Wildman–Crippen LogP) is 4.08. The van der Waals surface area contributed by atoms with E-state index in [9.17, 15) is 0 Å². The maximum absolute atomic E-state index is 6.32. The van der Waals surface area contributed by atoms with Gasteiger partial charge in [0.15, 0.2) is 0 Å². The Bertz CT molecular complexity index is 695. The van der Waals surface area contributed by atoms with Crippen molar-refractivity contribution < 1.29 is 4.42 Å². The molecule has 0 aliphatic rings. The number of rotatable bonds is 5. The molecule has 1 unspecified atom stereocenters. The van der Waals surface area contributed by atoms with Crippen LogP contribution in [0.2, 0.25) is 5.02 Å². The third kappa shape index (κ3) is 2.78. The Morgan fingerprint density at radius 2 is 2.24 bits per heavy atom. The van der Waals surface area contributed by atoms with E-state index in [4.69, 9.17) is 16.0 Å². The van der Waals surface area contributed by atoms with Crippen molar-refractivity contribution in [3.05, 3.63) is 60.0 Å². The number of nitrogens with zero attached hydrogens (tertiary/aromatic N) is 3. The van der Waals surface area contributed by atoms with Gasteiger partial charge in [-0.1, -0.05) is 24.6 Å². The first-order valence-electron chi connectivity index (χ1n) is 6.73. The summed E-state index contributed by atoms with van der Waals surface area (Å²) < 4.78 is 7.14. The lowest BCUT2D eigenvalue weighted by Crippen LogP contribution is -2.11. The summed E-state index contributed by atoms with van der Waals surface area (Å²) in [5, 5.41) is 8.23. The lowest BCUT2D eigenvalue weighted by molar-refractivity contribution is 0.474. The van der Waals surface area contributed by atoms with Crippen LogP contribution >= 0.6 is 11.6 Å². The fraction of sp³-hybridized carbons (Fsp3) is 0.200. The summed E-state index contributed by atoms with van der Waals surface area (Å²) in [4.78, 5) is 3.98. The molecule has 0 spiro atoms. The first kappa shape index (κ1) is 13.7. The predicted molar refractivity (Wildman–Crippen MR) is 81.7 cm³/mol. The molecular formula is C15H15ClN4O. The topological polar surface area (TPSA) is 55.9 Å². The first-order valence-corrected chi connectivity index (χ1v) is 7.11. The van der Waals surface area contributed by atoms with E-state index in [1.54, 1.807) is 17.3 Å². The summed E-state index contributed by atoms with van der Waals surface area (Å²) >= 11 is 6.32. The molecule has 0 bridgehead atoms. The second kappa shape index (κ2) is 6.01. The van der Waals surface area contributed by atoms with E-state index in [1.807, 2.05) is 30.3 Å². The molecular weight excluding hydrogens is 288 g/mol. The number of furan rings is 1. The van der Waals surface area contributed by atoms with Crippen LogP contribution in [0.1, 0.15) is 25.1 Å². The van der Waals surface area contributed by atoms with E-state index >= 15 is 0 Å². The second-order valence-corrected chi connectivity index (χ2v) is 5.00. The van der Waals surface area contributed by atoms with Gasteiger partial charge in [-0.05, 0) is 30.7 Å². The lowest BCUT2D eigenvalue weighted by Gasteiger charge is -2.19. The Labute approximate surface area is 127 Å². The minimum Gasteiger partial charge on any atom is -0.467 e. The number of anilines is 1. The molecule has 21 heavy (non-hydrogen) atoms. The molecule has 2 heterocycles. The molecule has 3 rings (SSSR count). The third-order valence-corrected chi connectivity index (χ3v) is 3.56. The molecule has 1 N–H and O–H groups in total. The van der Waals surface area contributed by atoms with E-state index in [-0.39, 0.29) is 6.04 Å². The van der Waals surface area contributed by atoms with Crippen LogP contribution in [0.5, 0.6) is 0 Å². The summed E-state index contributed by atoms with van der Waals surface area (Å²) in [7, 11) is 0. The van der Waals surface area contributed by atoms with Gasteiger partial charge in [0.2, 0.25) is 0 Å². The van der Waals surface area contributed by atoms with Crippen molar-refractivity contribution in [2.24, 2.45) is 0 Å². The van der Waals surface area contributed by atoms with Crippen LogP contribution < -0.4 is 5.32 Å². The Hall–Kier alpha value is -2.27. The highest BCUT2D eigenvalue weighted by molar-refractivity contribution is 6.33. The fourth-order valence-corrected chi connectivity index (χ4v) is 2.50. The highest BCUT2D eigenvalue weighted by atomic mass is 35.5. The molecule has 3 aromatic rings. The summed E-state index contributed by atoms with van der Waals surface area (Å²) in [5.74, 6) is 0.891. The van der Waals surface area contributed by atoms with Gasteiger partial charge in [0.05, 0.1) is 23.0 Å². The zero-order valence-electron chi connectivity index (χ0n) is 11.5. The van der Waals surface area contributed by atoms with Gasteiger partial charge in [0.1, 0.15) is 24.1 Å².